The van der Waals surface area contributed by atoms with Crippen molar-refractivity contribution in [2.75, 3.05) is 0 Å². The fourth-order valence-corrected chi connectivity index (χ4v) is 5.71. The lowest BCUT2D eigenvalue weighted by Crippen LogP contribution is -2.57. The summed E-state index contributed by atoms with van der Waals surface area (Å²) >= 11 is 0. The van der Waals surface area contributed by atoms with E-state index in [1.54, 1.807) is 0 Å². The molecule has 27 heavy (non-hydrogen) atoms. The van der Waals surface area contributed by atoms with E-state index < -0.39 is 5.60 Å². The molecule has 1 N–H and O–H groups in total. The molecule has 1 aromatic carbocycles. The Morgan fingerprint density at radius 2 is 1.93 bits per heavy atom. The highest BCUT2D eigenvalue weighted by atomic mass is 16.6. The van der Waals surface area contributed by atoms with Crippen LogP contribution in [0.2, 0.25) is 0 Å². The molecule has 5 atom stereocenters. The molecule has 4 nitrogen and oxygen atoms in total. The number of piperidine rings is 1. The van der Waals surface area contributed by atoms with Crippen molar-refractivity contribution < 1.29 is 9.53 Å². The number of benzene rings is 1. The van der Waals surface area contributed by atoms with Gasteiger partial charge < -0.3 is 15.0 Å². The van der Waals surface area contributed by atoms with E-state index in [4.69, 9.17) is 4.74 Å². The molecule has 0 radical (unpaired) electrons. The molecule has 1 saturated carbocycles. The summed E-state index contributed by atoms with van der Waals surface area (Å²) in [4.78, 5) is 15.4. The molecule has 1 aliphatic carbocycles. The molecule has 2 heterocycles. The molecule has 4 heteroatoms. The van der Waals surface area contributed by atoms with E-state index in [0.29, 0.717) is 12.1 Å². The Bertz CT molecular complexity index is 683. The largest absolute Gasteiger partial charge is 0.444 e. The van der Waals surface area contributed by atoms with Gasteiger partial charge in [0.1, 0.15) is 5.60 Å². The molecule has 2 bridgehead atoms. The quantitative estimate of drug-likeness (QED) is 0.832. The van der Waals surface area contributed by atoms with Crippen LogP contribution in [0.5, 0.6) is 0 Å². The lowest BCUT2D eigenvalue weighted by atomic mass is 9.70. The Kier molecular flexibility index (Phi) is 4.74. The van der Waals surface area contributed by atoms with Crippen LogP contribution < -0.4 is 5.32 Å². The van der Waals surface area contributed by atoms with Crippen LogP contribution in [0.3, 0.4) is 0 Å². The maximum Gasteiger partial charge on any atom is 0.410 e. The van der Waals surface area contributed by atoms with Crippen LogP contribution in [0, 0.1) is 5.41 Å². The molecule has 1 aromatic rings. The summed E-state index contributed by atoms with van der Waals surface area (Å²) in [5, 5.41) is 3.97. The highest BCUT2D eigenvalue weighted by molar-refractivity contribution is 5.70. The lowest BCUT2D eigenvalue weighted by Gasteiger charge is -2.43. The molecule has 1 amide bonds. The van der Waals surface area contributed by atoms with E-state index in [1.807, 2.05) is 20.8 Å². The molecule has 3 aliphatic rings. The fraction of sp³-hybridized carbons (Fsp3) is 0.696. The minimum absolute atomic E-state index is 0.122. The molecule has 0 aromatic heterocycles. The number of hydrogen-bond acceptors (Lipinski definition) is 3. The number of fused-ring (bicyclic) bond motifs is 1. The van der Waals surface area contributed by atoms with E-state index in [2.05, 4.69) is 47.5 Å². The zero-order chi connectivity index (χ0) is 19.2. The van der Waals surface area contributed by atoms with E-state index in [0.717, 1.165) is 19.3 Å². The van der Waals surface area contributed by atoms with Gasteiger partial charge in [-0.2, -0.15) is 0 Å². The number of hydrogen-bond donors (Lipinski definition) is 1. The summed E-state index contributed by atoms with van der Waals surface area (Å²) in [6, 6.07) is 11.9. The van der Waals surface area contributed by atoms with Crippen molar-refractivity contribution in [2.24, 2.45) is 5.41 Å². The van der Waals surface area contributed by atoms with Crippen LogP contribution >= 0.6 is 0 Å². The first-order valence-corrected chi connectivity index (χ1v) is 10.6. The van der Waals surface area contributed by atoms with Gasteiger partial charge in [-0.15, -0.1) is 0 Å². The predicted octanol–water partition coefficient (Wildman–Crippen LogP) is 4.53. The number of likely N-dealkylation sites (tertiary alicyclic amines) is 1. The van der Waals surface area contributed by atoms with Gasteiger partial charge in [0.25, 0.3) is 0 Å². The van der Waals surface area contributed by atoms with Gasteiger partial charge in [-0.05, 0) is 52.0 Å². The second-order valence-corrected chi connectivity index (χ2v) is 9.98. The van der Waals surface area contributed by atoms with E-state index in [9.17, 15) is 4.79 Å². The topological polar surface area (TPSA) is 41.6 Å². The SMILES string of the molecule is CC(C)(C)OC(=O)N1C2CCCC[C@H]3N[C@H](Cc4ccccc4)[C@@H]1C[C@@]23C. The van der Waals surface area contributed by atoms with Crippen molar-refractivity contribution in [1.29, 1.82) is 0 Å². The van der Waals surface area contributed by atoms with E-state index in [1.165, 1.54) is 24.8 Å². The average molecular weight is 371 g/mol. The Morgan fingerprint density at radius 3 is 2.63 bits per heavy atom. The van der Waals surface area contributed by atoms with Crippen LogP contribution in [-0.4, -0.2) is 40.8 Å². The van der Waals surface area contributed by atoms with Crippen LogP contribution in [0.25, 0.3) is 0 Å². The summed E-state index contributed by atoms with van der Waals surface area (Å²) in [7, 11) is 0. The highest BCUT2D eigenvalue weighted by Gasteiger charge is 2.60. The molecule has 4 rings (SSSR count). The van der Waals surface area contributed by atoms with Gasteiger partial charge in [0.15, 0.2) is 0 Å². The third-order valence-corrected chi connectivity index (χ3v) is 6.90. The maximum atomic E-state index is 13.2. The number of rotatable bonds is 2. The number of carbonyl (C=O) groups is 1. The van der Waals surface area contributed by atoms with Crippen molar-refractivity contribution in [1.82, 2.24) is 10.2 Å². The summed E-state index contributed by atoms with van der Waals surface area (Å²) in [5.41, 5.74) is 1.04. The lowest BCUT2D eigenvalue weighted by molar-refractivity contribution is 0.00949. The van der Waals surface area contributed by atoms with E-state index >= 15 is 0 Å². The van der Waals surface area contributed by atoms with Crippen LogP contribution in [0.4, 0.5) is 4.79 Å². The van der Waals surface area contributed by atoms with Crippen molar-refractivity contribution in [2.45, 2.75) is 96.0 Å². The molecule has 3 fully saturated rings. The molecular weight excluding hydrogens is 336 g/mol. The third kappa shape index (κ3) is 3.49. The minimum atomic E-state index is -0.457. The van der Waals surface area contributed by atoms with Gasteiger partial charge in [-0.25, -0.2) is 4.79 Å². The second kappa shape index (κ2) is 6.80. The summed E-state index contributed by atoms with van der Waals surface area (Å²) in [5.74, 6) is 0. The molecule has 2 saturated heterocycles. The van der Waals surface area contributed by atoms with Crippen molar-refractivity contribution in [3.63, 3.8) is 0 Å². The zero-order valence-corrected chi connectivity index (χ0v) is 17.2. The standard InChI is InChI=1S/C23H34N2O2/c1-22(2,3)27-21(26)25-18-15-23(4)19(12-8-9-13-20(23)25)24-17(18)14-16-10-6-5-7-11-16/h5-7,10-11,17-20,24H,8-9,12-15H2,1-4H3/t17-,18+,19-,20?,23-/m1/s1. The van der Waals surface area contributed by atoms with Crippen molar-refractivity contribution in [3.05, 3.63) is 35.9 Å². The Hall–Kier alpha value is -1.55. The van der Waals surface area contributed by atoms with Crippen LogP contribution in [0.1, 0.15) is 65.4 Å². The van der Waals surface area contributed by atoms with Crippen LogP contribution in [0.15, 0.2) is 30.3 Å². The van der Waals surface area contributed by atoms with E-state index in [-0.39, 0.29) is 23.6 Å². The molecule has 0 spiro atoms. The monoisotopic (exact) mass is 370 g/mol. The molecule has 2 aliphatic heterocycles. The smallest absolute Gasteiger partial charge is 0.410 e. The average Bonchev–Trinajstić information content (AvgIpc) is 2.75. The molecule has 1 unspecified atom stereocenters. The van der Waals surface area contributed by atoms with Gasteiger partial charge >= 0.3 is 6.09 Å². The third-order valence-electron chi connectivity index (χ3n) is 6.90. The normalized spacial score (nSPS) is 35.6. The number of ether oxygens (including phenoxy) is 1. The van der Waals surface area contributed by atoms with Gasteiger partial charge in [-0.1, -0.05) is 50.1 Å². The van der Waals surface area contributed by atoms with Gasteiger partial charge in [-0.3, -0.25) is 0 Å². The number of nitrogens with zero attached hydrogens (tertiary/aromatic N) is 1. The zero-order valence-electron chi connectivity index (χ0n) is 17.2. The van der Waals surface area contributed by atoms with Gasteiger partial charge in [0, 0.05) is 23.5 Å². The van der Waals surface area contributed by atoms with Crippen LogP contribution in [-0.2, 0) is 11.2 Å². The Morgan fingerprint density at radius 1 is 1.22 bits per heavy atom. The number of carbonyl (C=O) groups excluding carboxylic acids is 1. The molecular formula is C23H34N2O2. The predicted molar refractivity (Wildman–Crippen MR) is 108 cm³/mol. The minimum Gasteiger partial charge on any atom is -0.444 e. The van der Waals surface area contributed by atoms with Gasteiger partial charge in [0.2, 0.25) is 0 Å². The fourth-order valence-electron chi connectivity index (χ4n) is 5.71. The maximum absolute atomic E-state index is 13.2. The highest BCUT2D eigenvalue weighted by Crippen LogP contribution is 2.52. The summed E-state index contributed by atoms with van der Waals surface area (Å²) in [6.45, 7) is 8.29. The first-order chi connectivity index (χ1) is 12.8. The van der Waals surface area contributed by atoms with Crippen molar-refractivity contribution >= 4 is 6.09 Å². The Labute approximate surface area is 163 Å². The Balaban J connectivity index is 1.66. The summed E-state index contributed by atoms with van der Waals surface area (Å²) in [6.07, 6.45) is 6.69. The molecule has 148 valence electrons. The first kappa shape index (κ1) is 18.8. The number of nitrogens with one attached hydrogen (secondary N) is 1. The van der Waals surface area contributed by atoms with Gasteiger partial charge in [0.05, 0.1) is 6.04 Å². The summed E-state index contributed by atoms with van der Waals surface area (Å²) < 4.78 is 5.86. The number of amides is 1. The second-order valence-electron chi connectivity index (χ2n) is 9.98. The van der Waals surface area contributed by atoms with Crippen molar-refractivity contribution in [3.8, 4) is 0 Å². The first-order valence-electron chi connectivity index (χ1n) is 10.6.